The van der Waals surface area contributed by atoms with E-state index in [4.69, 9.17) is 0 Å². The summed E-state index contributed by atoms with van der Waals surface area (Å²) in [5.74, 6) is 0.806. The molecule has 0 aliphatic rings. The van der Waals surface area contributed by atoms with Crippen LogP contribution in [0.1, 0.15) is 25.5 Å². The number of sulfonamides is 1. The summed E-state index contributed by atoms with van der Waals surface area (Å²) in [5.41, 5.74) is 1.13. The van der Waals surface area contributed by atoms with E-state index in [9.17, 15) is 8.42 Å². The van der Waals surface area contributed by atoms with Crippen LogP contribution >= 0.6 is 0 Å². The predicted molar refractivity (Wildman–Crippen MR) is 83.6 cm³/mol. The lowest BCUT2D eigenvalue weighted by Crippen LogP contribution is -2.16. The monoisotopic (exact) mass is 306 g/mol. The van der Waals surface area contributed by atoms with Crippen LogP contribution in [0.5, 0.6) is 0 Å². The first-order chi connectivity index (χ1) is 10.00. The number of anilines is 2. The first-order valence-corrected chi connectivity index (χ1v) is 8.31. The molecule has 6 nitrogen and oxygen atoms in total. The normalized spacial score (nSPS) is 12.7. The standard InChI is InChI=1S/C14H18N4O2S/c1-3-21(19,20)18-14-10-9-13(16-17-14)15-11(2)12-7-5-4-6-8-12/h4-11H,3H2,1-2H3,(H,15,16)(H,17,18). The highest BCUT2D eigenvalue weighted by Gasteiger charge is 2.09. The van der Waals surface area contributed by atoms with Gasteiger partial charge < -0.3 is 5.32 Å². The maximum Gasteiger partial charge on any atom is 0.233 e. The lowest BCUT2D eigenvalue weighted by atomic mass is 10.1. The summed E-state index contributed by atoms with van der Waals surface area (Å²) in [6, 6.07) is 13.3. The summed E-state index contributed by atoms with van der Waals surface area (Å²) < 4.78 is 25.2. The second-order valence-corrected chi connectivity index (χ2v) is 6.60. The predicted octanol–water partition coefficient (Wildman–Crippen LogP) is 2.41. The first-order valence-electron chi connectivity index (χ1n) is 6.66. The van der Waals surface area contributed by atoms with Gasteiger partial charge in [-0.3, -0.25) is 4.72 Å². The van der Waals surface area contributed by atoms with Gasteiger partial charge >= 0.3 is 0 Å². The minimum atomic E-state index is -3.32. The van der Waals surface area contributed by atoms with E-state index in [-0.39, 0.29) is 17.6 Å². The number of benzene rings is 1. The number of rotatable bonds is 6. The average Bonchev–Trinajstić information content (AvgIpc) is 2.50. The molecule has 0 aliphatic heterocycles. The molecule has 1 aromatic carbocycles. The maximum atomic E-state index is 11.4. The van der Waals surface area contributed by atoms with Crippen LogP contribution in [-0.2, 0) is 10.0 Å². The second-order valence-electron chi connectivity index (χ2n) is 4.59. The molecule has 2 N–H and O–H groups in total. The molecule has 0 spiro atoms. The van der Waals surface area contributed by atoms with Crippen LogP contribution in [0, 0.1) is 0 Å². The third-order valence-corrected chi connectivity index (χ3v) is 4.25. The van der Waals surface area contributed by atoms with Crippen LogP contribution in [0.4, 0.5) is 11.6 Å². The van der Waals surface area contributed by atoms with Crippen molar-refractivity contribution in [1.82, 2.24) is 10.2 Å². The Bertz CT molecular complexity index is 672. The number of aromatic nitrogens is 2. The largest absolute Gasteiger partial charge is 0.362 e. The zero-order valence-electron chi connectivity index (χ0n) is 11.9. The van der Waals surface area contributed by atoms with Gasteiger partial charge in [-0.25, -0.2) is 8.42 Å². The van der Waals surface area contributed by atoms with Crippen molar-refractivity contribution < 1.29 is 8.42 Å². The Balaban J connectivity index is 2.03. The third kappa shape index (κ3) is 4.42. The fourth-order valence-corrected chi connectivity index (χ4v) is 2.31. The van der Waals surface area contributed by atoms with Crippen LogP contribution in [0.3, 0.4) is 0 Å². The molecule has 0 saturated heterocycles. The Morgan fingerprint density at radius 1 is 1.05 bits per heavy atom. The Morgan fingerprint density at radius 3 is 2.24 bits per heavy atom. The minimum Gasteiger partial charge on any atom is -0.362 e. The van der Waals surface area contributed by atoms with Gasteiger partial charge in [0.05, 0.1) is 5.75 Å². The zero-order valence-corrected chi connectivity index (χ0v) is 12.8. The number of nitrogens with one attached hydrogen (secondary N) is 2. The van der Waals surface area contributed by atoms with Gasteiger partial charge in [0.2, 0.25) is 10.0 Å². The molecule has 112 valence electrons. The van der Waals surface area contributed by atoms with Gasteiger partial charge in [-0.1, -0.05) is 30.3 Å². The molecule has 0 amide bonds. The van der Waals surface area contributed by atoms with Crippen molar-refractivity contribution in [3.8, 4) is 0 Å². The van der Waals surface area contributed by atoms with Crippen LogP contribution in [0.15, 0.2) is 42.5 Å². The highest BCUT2D eigenvalue weighted by atomic mass is 32.2. The maximum absolute atomic E-state index is 11.4. The molecule has 0 bridgehead atoms. The summed E-state index contributed by atoms with van der Waals surface area (Å²) in [6.07, 6.45) is 0. The number of hydrogen-bond donors (Lipinski definition) is 2. The van der Waals surface area contributed by atoms with Crippen LogP contribution < -0.4 is 10.0 Å². The summed E-state index contributed by atoms with van der Waals surface area (Å²) >= 11 is 0. The van der Waals surface area contributed by atoms with Crippen LogP contribution in [-0.4, -0.2) is 24.4 Å². The van der Waals surface area contributed by atoms with E-state index in [0.717, 1.165) is 5.56 Å². The lowest BCUT2D eigenvalue weighted by Gasteiger charge is -2.14. The van der Waals surface area contributed by atoms with E-state index < -0.39 is 10.0 Å². The van der Waals surface area contributed by atoms with E-state index in [1.165, 1.54) is 0 Å². The Kier molecular flexibility index (Phi) is 4.74. The summed E-state index contributed by atoms with van der Waals surface area (Å²) in [5, 5.41) is 11.0. The molecule has 0 aliphatic carbocycles. The molecule has 21 heavy (non-hydrogen) atoms. The average molecular weight is 306 g/mol. The second kappa shape index (κ2) is 6.53. The van der Waals surface area contributed by atoms with Crippen molar-refractivity contribution in [3.63, 3.8) is 0 Å². The molecular formula is C14H18N4O2S. The molecule has 0 fully saturated rings. The quantitative estimate of drug-likeness (QED) is 0.856. The Morgan fingerprint density at radius 2 is 1.67 bits per heavy atom. The van der Waals surface area contributed by atoms with Gasteiger partial charge in [-0.15, -0.1) is 10.2 Å². The van der Waals surface area contributed by atoms with Crippen molar-refractivity contribution >= 4 is 21.7 Å². The highest BCUT2D eigenvalue weighted by Crippen LogP contribution is 2.17. The van der Waals surface area contributed by atoms with Crippen LogP contribution in [0.25, 0.3) is 0 Å². The van der Waals surface area contributed by atoms with Gasteiger partial charge in [-0.05, 0) is 31.5 Å². The molecule has 2 rings (SSSR count). The van der Waals surface area contributed by atoms with Crippen molar-refractivity contribution in [2.24, 2.45) is 0 Å². The molecule has 7 heteroatoms. The summed E-state index contributed by atoms with van der Waals surface area (Å²) in [6.45, 7) is 3.58. The molecule has 0 radical (unpaired) electrons. The molecule has 1 aromatic heterocycles. The molecule has 1 atom stereocenters. The highest BCUT2D eigenvalue weighted by molar-refractivity contribution is 7.92. The zero-order chi connectivity index (χ0) is 15.3. The molecule has 0 saturated carbocycles. The summed E-state index contributed by atoms with van der Waals surface area (Å²) in [4.78, 5) is 0. The van der Waals surface area contributed by atoms with E-state index in [1.807, 2.05) is 37.3 Å². The third-order valence-electron chi connectivity index (χ3n) is 2.97. The minimum absolute atomic E-state index is 0.000275. The SMILES string of the molecule is CCS(=O)(=O)Nc1ccc(NC(C)c2ccccc2)nn1. The first kappa shape index (κ1) is 15.2. The van der Waals surface area contributed by atoms with Gasteiger partial charge in [0.1, 0.15) is 5.82 Å². The Hall–Kier alpha value is -2.15. The van der Waals surface area contributed by atoms with E-state index >= 15 is 0 Å². The van der Waals surface area contributed by atoms with Gasteiger partial charge in [0, 0.05) is 6.04 Å². The smallest absolute Gasteiger partial charge is 0.233 e. The fraction of sp³-hybridized carbons (Fsp3) is 0.286. The van der Waals surface area contributed by atoms with E-state index in [1.54, 1.807) is 19.1 Å². The van der Waals surface area contributed by atoms with Crippen molar-refractivity contribution in [2.75, 3.05) is 15.8 Å². The van der Waals surface area contributed by atoms with Gasteiger partial charge in [0.15, 0.2) is 5.82 Å². The topological polar surface area (TPSA) is 84.0 Å². The van der Waals surface area contributed by atoms with E-state index in [0.29, 0.717) is 5.82 Å². The Labute approximate surface area is 124 Å². The van der Waals surface area contributed by atoms with Crippen molar-refractivity contribution in [2.45, 2.75) is 19.9 Å². The van der Waals surface area contributed by atoms with Crippen LogP contribution in [0.2, 0.25) is 0 Å². The molecule has 1 unspecified atom stereocenters. The molecular weight excluding hydrogens is 288 g/mol. The van der Waals surface area contributed by atoms with Crippen molar-refractivity contribution in [3.05, 3.63) is 48.0 Å². The van der Waals surface area contributed by atoms with E-state index in [2.05, 4.69) is 20.2 Å². The molecule has 2 aromatic rings. The van der Waals surface area contributed by atoms with Crippen molar-refractivity contribution in [1.29, 1.82) is 0 Å². The summed E-state index contributed by atoms with van der Waals surface area (Å²) in [7, 11) is -3.32. The van der Waals surface area contributed by atoms with Gasteiger partial charge in [-0.2, -0.15) is 0 Å². The van der Waals surface area contributed by atoms with Gasteiger partial charge in [0.25, 0.3) is 0 Å². The fourth-order valence-electron chi connectivity index (χ4n) is 1.74. The number of nitrogens with zero attached hydrogens (tertiary/aromatic N) is 2. The lowest BCUT2D eigenvalue weighted by molar-refractivity contribution is 0.602. The number of hydrogen-bond acceptors (Lipinski definition) is 5. The molecule has 1 heterocycles.